The lowest BCUT2D eigenvalue weighted by molar-refractivity contribution is 1.15. The molecule has 2 N–H and O–H groups in total. The van der Waals surface area contributed by atoms with E-state index in [0.717, 1.165) is 12.3 Å². The van der Waals surface area contributed by atoms with Crippen LogP contribution in [0.2, 0.25) is 0 Å². The van der Waals surface area contributed by atoms with Crippen molar-refractivity contribution in [1.82, 2.24) is 0 Å². The second-order valence-corrected chi connectivity index (χ2v) is 5.63. The first-order valence-electron chi connectivity index (χ1n) is 6.21. The Morgan fingerprint density at radius 2 is 1.56 bits per heavy atom. The molecule has 0 fully saturated rings. The summed E-state index contributed by atoms with van der Waals surface area (Å²) in [5, 5.41) is 0. The van der Waals surface area contributed by atoms with Crippen LogP contribution in [0, 0.1) is 13.8 Å². The van der Waals surface area contributed by atoms with E-state index in [0.29, 0.717) is 0 Å². The van der Waals surface area contributed by atoms with Gasteiger partial charge >= 0.3 is 0 Å². The van der Waals surface area contributed by atoms with Crippen molar-refractivity contribution < 1.29 is 0 Å². The third kappa shape index (κ3) is 3.15. The molecule has 0 unspecified atom stereocenters. The number of thioether (sulfide) groups is 1. The van der Waals surface area contributed by atoms with Crippen molar-refractivity contribution in [1.29, 1.82) is 0 Å². The average Bonchev–Trinajstić information content (AvgIpc) is 2.40. The van der Waals surface area contributed by atoms with E-state index in [9.17, 15) is 0 Å². The molecular formula is C16H19NS. The average molecular weight is 257 g/mol. The van der Waals surface area contributed by atoms with Crippen LogP contribution in [-0.2, 0) is 0 Å². The lowest BCUT2D eigenvalue weighted by Gasteiger charge is -2.06. The standard InChI is InChI=1S/C16H19NS/c1-12-3-4-15(11-13(12)2)14-5-7-16(8-6-14)18-10-9-17/h3-8,11H,9-10,17H2,1-2H3. The first-order valence-corrected chi connectivity index (χ1v) is 7.20. The molecule has 0 atom stereocenters. The van der Waals surface area contributed by atoms with Crippen LogP contribution in [0.3, 0.4) is 0 Å². The van der Waals surface area contributed by atoms with Gasteiger partial charge in [-0.2, -0.15) is 0 Å². The fourth-order valence-electron chi connectivity index (χ4n) is 1.84. The summed E-state index contributed by atoms with van der Waals surface area (Å²) in [6.07, 6.45) is 0. The summed E-state index contributed by atoms with van der Waals surface area (Å²) in [5.74, 6) is 0.975. The summed E-state index contributed by atoms with van der Waals surface area (Å²) in [7, 11) is 0. The van der Waals surface area contributed by atoms with Crippen LogP contribution >= 0.6 is 11.8 Å². The van der Waals surface area contributed by atoms with Gasteiger partial charge in [-0.05, 0) is 48.2 Å². The van der Waals surface area contributed by atoms with Gasteiger partial charge in [0.15, 0.2) is 0 Å². The smallest absolute Gasteiger partial charge is 0.0103 e. The molecule has 0 spiro atoms. The van der Waals surface area contributed by atoms with Crippen molar-refractivity contribution in [2.75, 3.05) is 12.3 Å². The van der Waals surface area contributed by atoms with Gasteiger partial charge in [0.1, 0.15) is 0 Å². The lowest BCUT2D eigenvalue weighted by atomic mass is 10.0. The van der Waals surface area contributed by atoms with Crippen LogP contribution in [-0.4, -0.2) is 12.3 Å². The quantitative estimate of drug-likeness (QED) is 0.837. The Bertz CT molecular complexity index is 517. The highest BCUT2D eigenvalue weighted by molar-refractivity contribution is 7.99. The van der Waals surface area contributed by atoms with Crippen LogP contribution in [0.15, 0.2) is 47.4 Å². The number of rotatable bonds is 4. The Morgan fingerprint density at radius 1 is 0.889 bits per heavy atom. The van der Waals surface area contributed by atoms with Gasteiger partial charge in [0.25, 0.3) is 0 Å². The van der Waals surface area contributed by atoms with E-state index in [1.807, 2.05) is 0 Å². The molecule has 94 valence electrons. The van der Waals surface area contributed by atoms with Gasteiger partial charge in [0.05, 0.1) is 0 Å². The molecule has 0 heterocycles. The summed E-state index contributed by atoms with van der Waals surface area (Å²) in [4.78, 5) is 1.29. The molecule has 2 aromatic rings. The molecule has 2 heteroatoms. The minimum absolute atomic E-state index is 0.726. The van der Waals surface area contributed by atoms with Gasteiger partial charge in [-0.25, -0.2) is 0 Å². The van der Waals surface area contributed by atoms with E-state index in [1.54, 1.807) is 11.8 Å². The number of benzene rings is 2. The minimum atomic E-state index is 0.726. The zero-order chi connectivity index (χ0) is 13.0. The zero-order valence-electron chi connectivity index (χ0n) is 10.9. The summed E-state index contributed by atoms with van der Waals surface area (Å²) in [5.41, 5.74) is 10.7. The monoisotopic (exact) mass is 257 g/mol. The van der Waals surface area contributed by atoms with E-state index < -0.39 is 0 Å². The Hall–Kier alpha value is -1.25. The first-order chi connectivity index (χ1) is 8.70. The maximum atomic E-state index is 5.51. The summed E-state index contributed by atoms with van der Waals surface area (Å²) in [6, 6.07) is 15.3. The number of aryl methyl sites for hydroxylation is 2. The van der Waals surface area contributed by atoms with Crippen molar-refractivity contribution in [3.63, 3.8) is 0 Å². The van der Waals surface area contributed by atoms with Crippen LogP contribution in [0.5, 0.6) is 0 Å². The number of hydrogen-bond donors (Lipinski definition) is 1. The lowest BCUT2D eigenvalue weighted by Crippen LogP contribution is -2.00. The summed E-state index contributed by atoms with van der Waals surface area (Å²) >= 11 is 1.80. The van der Waals surface area contributed by atoms with Crippen LogP contribution in [0.25, 0.3) is 11.1 Å². The molecule has 2 rings (SSSR count). The third-order valence-electron chi connectivity index (χ3n) is 3.08. The molecule has 0 aliphatic heterocycles. The molecule has 0 aliphatic rings. The largest absolute Gasteiger partial charge is 0.330 e. The van der Waals surface area contributed by atoms with Gasteiger partial charge in [-0.3, -0.25) is 0 Å². The molecule has 0 amide bonds. The fraction of sp³-hybridized carbons (Fsp3) is 0.250. The molecule has 0 saturated heterocycles. The van der Waals surface area contributed by atoms with Crippen molar-refractivity contribution in [2.24, 2.45) is 5.73 Å². The summed E-state index contributed by atoms with van der Waals surface area (Å²) < 4.78 is 0. The molecular weight excluding hydrogens is 238 g/mol. The predicted molar refractivity (Wildman–Crippen MR) is 81.1 cm³/mol. The maximum absolute atomic E-state index is 5.51. The summed E-state index contributed by atoms with van der Waals surface area (Å²) in [6.45, 7) is 5.03. The molecule has 0 saturated carbocycles. The Kier molecular flexibility index (Phi) is 4.45. The molecule has 0 aliphatic carbocycles. The maximum Gasteiger partial charge on any atom is 0.0103 e. The second-order valence-electron chi connectivity index (χ2n) is 4.46. The SMILES string of the molecule is Cc1ccc(-c2ccc(SCCN)cc2)cc1C. The van der Waals surface area contributed by atoms with Crippen LogP contribution in [0.1, 0.15) is 11.1 Å². The molecule has 0 bridgehead atoms. The second kappa shape index (κ2) is 6.07. The topological polar surface area (TPSA) is 26.0 Å². The number of hydrogen-bond acceptors (Lipinski definition) is 2. The number of nitrogens with two attached hydrogens (primary N) is 1. The van der Waals surface area contributed by atoms with Crippen molar-refractivity contribution >= 4 is 11.8 Å². The van der Waals surface area contributed by atoms with Gasteiger partial charge in [0, 0.05) is 17.2 Å². The molecule has 0 radical (unpaired) electrons. The zero-order valence-corrected chi connectivity index (χ0v) is 11.8. The third-order valence-corrected chi connectivity index (χ3v) is 4.13. The van der Waals surface area contributed by atoms with Gasteiger partial charge < -0.3 is 5.73 Å². The molecule has 1 nitrogen and oxygen atoms in total. The molecule has 2 aromatic carbocycles. The van der Waals surface area contributed by atoms with Gasteiger partial charge in [-0.1, -0.05) is 30.3 Å². The van der Waals surface area contributed by atoms with E-state index in [-0.39, 0.29) is 0 Å². The minimum Gasteiger partial charge on any atom is -0.330 e. The Balaban J connectivity index is 2.20. The Labute approximate surface area is 113 Å². The van der Waals surface area contributed by atoms with Gasteiger partial charge in [0.2, 0.25) is 0 Å². The van der Waals surface area contributed by atoms with Crippen LogP contribution in [0.4, 0.5) is 0 Å². The first kappa shape index (κ1) is 13.2. The van der Waals surface area contributed by atoms with E-state index >= 15 is 0 Å². The van der Waals surface area contributed by atoms with Crippen molar-refractivity contribution in [2.45, 2.75) is 18.7 Å². The van der Waals surface area contributed by atoms with Crippen LogP contribution < -0.4 is 5.73 Å². The van der Waals surface area contributed by atoms with E-state index in [4.69, 9.17) is 5.73 Å². The molecule has 0 aromatic heterocycles. The predicted octanol–water partition coefficient (Wildman–Crippen LogP) is 4.02. The highest BCUT2D eigenvalue weighted by Crippen LogP contribution is 2.25. The molecule has 18 heavy (non-hydrogen) atoms. The van der Waals surface area contributed by atoms with E-state index in [1.165, 1.54) is 27.1 Å². The van der Waals surface area contributed by atoms with Gasteiger partial charge in [-0.15, -0.1) is 11.8 Å². The normalized spacial score (nSPS) is 10.6. The van der Waals surface area contributed by atoms with Crippen molar-refractivity contribution in [3.05, 3.63) is 53.6 Å². The van der Waals surface area contributed by atoms with E-state index in [2.05, 4.69) is 56.3 Å². The Morgan fingerprint density at radius 3 is 2.17 bits per heavy atom. The highest BCUT2D eigenvalue weighted by Gasteiger charge is 2.00. The fourth-order valence-corrected chi connectivity index (χ4v) is 2.52. The highest BCUT2D eigenvalue weighted by atomic mass is 32.2. The van der Waals surface area contributed by atoms with Crippen molar-refractivity contribution in [3.8, 4) is 11.1 Å².